The summed E-state index contributed by atoms with van der Waals surface area (Å²) < 4.78 is 0. The minimum absolute atomic E-state index is 0.322. The van der Waals surface area contributed by atoms with Gasteiger partial charge in [-0.2, -0.15) is 0 Å². The zero-order valence-electron chi connectivity index (χ0n) is 16.6. The summed E-state index contributed by atoms with van der Waals surface area (Å²) in [6.45, 7) is 2.23. The van der Waals surface area contributed by atoms with E-state index in [-0.39, 0.29) is 0 Å². The van der Waals surface area contributed by atoms with Crippen molar-refractivity contribution in [3.63, 3.8) is 0 Å². The lowest BCUT2D eigenvalue weighted by Crippen LogP contribution is -1.89. The molecule has 0 atom stereocenters. The molecule has 0 spiro atoms. The minimum atomic E-state index is 0.322. The molecule has 0 aliphatic heterocycles. The van der Waals surface area contributed by atoms with E-state index in [1.165, 1.54) is 22.3 Å². The van der Waals surface area contributed by atoms with Crippen LogP contribution >= 0.6 is 0 Å². The maximum absolute atomic E-state index is 8.63. The van der Waals surface area contributed by atoms with Crippen LogP contribution in [0.15, 0.2) is 103 Å². The number of rotatable bonds is 1. The highest BCUT2D eigenvalue weighted by Crippen LogP contribution is 2.37. The number of fused-ring (bicyclic) bond motifs is 3. The van der Waals surface area contributed by atoms with E-state index >= 15 is 0 Å². The van der Waals surface area contributed by atoms with Crippen LogP contribution in [0.25, 0.3) is 11.1 Å². The number of aryl methyl sites for hydroxylation is 1. The fraction of sp³-hybridized carbons (Fsp3) is 0.111. The van der Waals surface area contributed by atoms with Crippen molar-refractivity contribution in [2.75, 3.05) is 0 Å². The number of para-hydroxylation sites is 2. The monoisotopic (exact) mass is 382 g/mol. The van der Waals surface area contributed by atoms with Gasteiger partial charge in [0.2, 0.25) is 0 Å². The first-order valence-corrected chi connectivity index (χ1v) is 9.86. The number of benzene rings is 4. The molecule has 0 saturated carbocycles. The van der Waals surface area contributed by atoms with Crippen LogP contribution in [-0.2, 0) is 12.8 Å². The van der Waals surface area contributed by atoms with Crippen LogP contribution in [0, 0.1) is 0 Å². The second-order valence-electron chi connectivity index (χ2n) is 6.80. The van der Waals surface area contributed by atoms with E-state index in [0.29, 0.717) is 11.5 Å². The van der Waals surface area contributed by atoms with Gasteiger partial charge in [0.05, 0.1) is 0 Å². The van der Waals surface area contributed by atoms with Gasteiger partial charge in [-0.25, -0.2) is 0 Å². The van der Waals surface area contributed by atoms with Crippen LogP contribution < -0.4 is 0 Å². The second-order valence-corrected chi connectivity index (χ2v) is 6.80. The Morgan fingerprint density at radius 1 is 0.586 bits per heavy atom. The predicted octanol–water partition coefficient (Wildman–Crippen LogP) is 6.60. The lowest BCUT2D eigenvalue weighted by molar-refractivity contribution is 0.475. The predicted molar refractivity (Wildman–Crippen MR) is 120 cm³/mol. The molecular weight excluding hydrogens is 356 g/mol. The molecule has 2 nitrogen and oxygen atoms in total. The molecule has 5 rings (SSSR count). The summed E-state index contributed by atoms with van der Waals surface area (Å²) in [7, 11) is 0. The molecule has 1 aliphatic rings. The van der Waals surface area contributed by atoms with Gasteiger partial charge in [0, 0.05) is 0 Å². The van der Waals surface area contributed by atoms with Gasteiger partial charge >= 0.3 is 0 Å². The summed E-state index contributed by atoms with van der Waals surface area (Å²) in [5, 5.41) is 17.3. The van der Waals surface area contributed by atoms with Gasteiger partial charge in [0.25, 0.3) is 0 Å². The highest BCUT2D eigenvalue weighted by atomic mass is 16.3. The summed E-state index contributed by atoms with van der Waals surface area (Å²) in [6, 6.07) is 32.9. The van der Waals surface area contributed by atoms with Crippen LogP contribution in [-0.4, -0.2) is 10.2 Å². The highest BCUT2D eigenvalue weighted by molar-refractivity contribution is 5.77. The average molecular weight is 383 g/mol. The van der Waals surface area contributed by atoms with E-state index in [4.69, 9.17) is 10.2 Å². The van der Waals surface area contributed by atoms with Crippen molar-refractivity contribution < 1.29 is 10.2 Å². The Kier molecular flexibility index (Phi) is 7.07. The van der Waals surface area contributed by atoms with Crippen molar-refractivity contribution in [1.82, 2.24) is 0 Å². The molecule has 0 aromatic heterocycles. The van der Waals surface area contributed by atoms with E-state index < -0.39 is 0 Å². The quantitative estimate of drug-likeness (QED) is 0.343. The molecule has 0 heterocycles. The Hall–Kier alpha value is -3.52. The number of phenols is 2. The largest absolute Gasteiger partial charge is 0.508 e. The van der Waals surface area contributed by atoms with Crippen LogP contribution in [0.2, 0.25) is 0 Å². The molecule has 0 saturated heterocycles. The molecule has 146 valence electrons. The van der Waals surface area contributed by atoms with Crippen molar-refractivity contribution in [2.24, 2.45) is 0 Å². The van der Waals surface area contributed by atoms with Gasteiger partial charge < -0.3 is 10.2 Å². The Morgan fingerprint density at radius 2 is 1.10 bits per heavy atom. The number of phenolic OH excluding ortho intramolecular Hbond substituents is 2. The van der Waals surface area contributed by atoms with Gasteiger partial charge in [0.15, 0.2) is 0 Å². The van der Waals surface area contributed by atoms with Crippen LogP contribution in [0.5, 0.6) is 11.5 Å². The topological polar surface area (TPSA) is 40.5 Å². The smallest absolute Gasteiger partial charge is 0.115 e. The van der Waals surface area contributed by atoms with Gasteiger partial charge in [-0.1, -0.05) is 85.8 Å². The summed E-state index contributed by atoms with van der Waals surface area (Å²) in [4.78, 5) is 0. The normalized spacial score (nSPS) is 10.5. The number of aromatic hydroxyl groups is 2. The first kappa shape index (κ1) is 20.2. The Balaban J connectivity index is 0.000000143. The molecule has 0 unspecified atom stereocenters. The third kappa shape index (κ3) is 5.49. The van der Waals surface area contributed by atoms with Gasteiger partial charge in [-0.05, 0) is 64.9 Å². The van der Waals surface area contributed by atoms with Crippen LogP contribution in [0.3, 0.4) is 0 Å². The summed E-state index contributed by atoms with van der Waals surface area (Å²) in [6.07, 6.45) is 2.26. The third-order valence-electron chi connectivity index (χ3n) is 4.84. The zero-order chi connectivity index (χ0) is 20.5. The first-order chi connectivity index (χ1) is 14.2. The summed E-state index contributed by atoms with van der Waals surface area (Å²) in [5.74, 6) is 0.644. The Bertz CT molecular complexity index is 987. The van der Waals surface area contributed by atoms with E-state index in [2.05, 4.69) is 49.4 Å². The highest BCUT2D eigenvalue weighted by Gasteiger charge is 2.19. The molecule has 0 radical (unpaired) electrons. The first-order valence-electron chi connectivity index (χ1n) is 9.86. The molecule has 0 fully saturated rings. The lowest BCUT2D eigenvalue weighted by atomic mass is 10.00. The van der Waals surface area contributed by atoms with Crippen molar-refractivity contribution in [1.29, 1.82) is 0 Å². The van der Waals surface area contributed by atoms with E-state index in [0.717, 1.165) is 12.8 Å². The van der Waals surface area contributed by atoms with Gasteiger partial charge in [0.1, 0.15) is 11.5 Å². The number of hydrogen-bond donors (Lipinski definition) is 2. The molecule has 4 aromatic carbocycles. The van der Waals surface area contributed by atoms with Crippen molar-refractivity contribution in [3.05, 3.63) is 120 Å². The van der Waals surface area contributed by atoms with E-state index in [1.54, 1.807) is 54.1 Å². The standard InChI is InChI=1S/C15H14.2C6H6O/c1-2-11-7-5-9-14-13-8-4-3-6-12(13)10-15(11)14;2*7-6-4-2-1-3-5-6/h3-9H,2,10H2,1H3;2*1-5,7H. The lowest BCUT2D eigenvalue weighted by Gasteiger charge is -2.05. The zero-order valence-corrected chi connectivity index (χ0v) is 16.6. The molecule has 29 heavy (non-hydrogen) atoms. The van der Waals surface area contributed by atoms with Crippen LogP contribution in [0.1, 0.15) is 23.6 Å². The summed E-state index contributed by atoms with van der Waals surface area (Å²) >= 11 is 0. The molecule has 4 aromatic rings. The molecular formula is C27H26O2. The maximum Gasteiger partial charge on any atom is 0.115 e. The maximum atomic E-state index is 8.63. The summed E-state index contributed by atoms with van der Waals surface area (Å²) in [5.41, 5.74) is 7.41. The molecule has 2 heteroatoms. The minimum Gasteiger partial charge on any atom is -0.508 e. The van der Waals surface area contributed by atoms with Gasteiger partial charge in [-0.3, -0.25) is 0 Å². The Morgan fingerprint density at radius 3 is 1.62 bits per heavy atom. The molecule has 1 aliphatic carbocycles. The van der Waals surface area contributed by atoms with Crippen molar-refractivity contribution >= 4 is 0 Å². The fourth-order valence-electron chi connectivity index (χ4n) is 3.41. The van der Waals surface area contributed by atoms with Crippen LogP contribution in [0.4, 0.5) is 0 Å². The van der Waals surface area contributed by atoms with Crippen molar-refractivity contribution in [3.8, 4) is 22.6 Å². The van der Waals surface area contributed by atoms with E-state index in [1.807, 2.05) is 12.1 Å². The van der Waals surface area contributed by atoms with E-state index in [9.17, 15) is 0 Å². The third-order valence-corrected chi connectivity index (χ3v) is 4.84. The van der Waals surface area contributed by atoms with Gasteiger partial charge in [-0.15, -0.1) is 0 Å². The Labute approximate surface area is 172 Å². The van der Waals surface area contributed by atoms with Crippen molar-refractivity contribution in [2.45, 2.75) is 19.8 Å². The SMILES string of the molecule is CCc1cccc2c1Cc1ccccc1-2.Oc1ccccc1.Oc1ccccc1. The molecule has 2 N–H and O–H groups in total. The molecule has 0 amide bonds. The number of hydrogen-bond acceptors (Lipinski definition) is 2. The second kappa shape index (κ2) is 10.1. The fourth-order valence-corrected chi connectivity index (χ4v) is 3.41. The average Bonchev–Trinajstić information content (AvgIpc) is 3.15. The molecule has 0 bridgehead atoms.